The summed E-state index contributed by atoms with van der Waals surface area (Å²) in [5.41, 5.74) is 0.416. The van der Waals surface area contributed by atoms with Crippen LogP contribution in [0.15, 0.2) is 12.2 Å². The van der Waals surface area contributed by atoms with Gasteiger partial charge in [0.1, 0.15) is 5.60 Å². The molecule has 0 radical (unpaired) electrons. The molecule has 0 N–H and O–H groups in total. The SMILES string of the molecule is C=C(C)C(=O)OC1(C2CCCCC2)CCC2CCCC21. The van der Waals surface area contributed by atoms with Crippen molar-refractivity contribution >= 4 is 5.97 Å². The van der Waals surface area contributed by atoms with Crippen molar-refractivity contribution in [3.63, 3.8) is 0 Å². The number of hydrogen-bond acceptors (Lipinski definition) is 2. The Morgan fingerprint density at radius 3 is 2.50 bits per heavy atom. The molecule has 0 aromatic rings. The number of fused-ring (bicyclic) bond motifs is 1. The molecule has 3 aliphatic carbocycles. The van der Waals surface area contributed by atoms with Crippen molar-refractivity contribution in [2.24, 2.45) is 17.8 Å². The highest BCUT2D eigenvalue weighted by molar-refractivity contribution is 5.87. The van der Waals surface area contributed by atoms with E-state index in [-0.39, 0.29) is 11.6 Å². The number of carbonyl (C=O) groups is 1. The molecule has 0 saturated heterocycles. The van der Waals surface area contributed by atoms with Crippen LogP contribution in [0.5, 0.6) is 0 Å². The summed E-state index contributed by atoms with van der Waals surface area (Å²) < 4.78 is 6.18. The van der Waals surface area contributed by atoms with Gasteiger partial charge in [-0.2, -0.15) is 0 Å². The van der Waals surface area contributed by atoms with Crippen LogP contribution in [-0.4, -0.2) is 11.6 Å². The molecule has 3 atom stereocenters. The minimum atomic E-state index is -0.150. The van der Waals surface area contributed by atoms with Gasteiger partial charge in [-0.25, -0.2) is 4.79 Å². The number of hydrogen-bond donors (Lipinski definition) is 0. The second-order valence-electron chi connectivity index (χ2n) is 7.30. The smallest absolute Gasteiger partial charge is 0.333 e. The number of carbonyl (C=O) groups excluding carboxylic acids is 1. The van der Waals surface area contributed by atoms with Crippen molar-refractivity contribution in [2.75, 3.05) is 0 Å². The Labute approximate surface area is 123 Å². The molecule has 0 aliphatic heterocycles. The van der Waals surface area contributed by atoms with Crippen LogP contribution in [0.4, 0.5) is 0 Å². The predicted molar refractivity (Wildman–Crippen MR) is 80.3 cm³/mol. The van der Waals surface area contributed by atoms with Crippen LogP contribution >= 0.6 is 0 Å². The van der Waals surface area contributed by atoms with Crippen LogP contribution in [0.3, 0.4) is 0 Å². The van der Waals surface area contributed by atoms with Crippen LogP contribution in [-0.2, 0) is 9.53 Å². The third kappa shape index (κ3) is 2.31. The van der Waals surface area contributed by atoms with Crippen molar-refractivity contribution in [3.05, 3.63) is 12.2 Å². The Morgan fingerprint density at radius 1 is 1.05 bits per heavy atom. The van der Waals surface area contributed by atoms with E-state index in [1.165, 1.54) is 57.8 Å². The summed E-state index contributed by atoms with van der Waals surface area (Å²) in [5, 5.41) is 0. The zero-order valence-electron chi connectivity index (χ0n) is 12.8. The summed E-state index contributed by atoms with van der Waals surface area (Å²) >= 11 is 0. The van der Waals surface area contributed by atoms with Gasteiger partial charge < -0.3 is 4.74 Å². The molecule has 0 amide bonds. The average molecular weight is 276 g/mol. The standard InChI is InChI=1S/C18H28O2/c1-13(2)17(19)20-18(15-8-4-3-5-9-15)12-11-14-7-6-10-16(14)18/h14-16H,1,3-12H2,2H3. The Kier molecular flexibility index (Phi) is 3.92. The fourth-order valence-electron chi connectivity index (χ4n) is 5.19. The lowest BCUT2D eigenvalue weighted by molar-refractivity contribution is -0.170. The van der Waals surface area contributed by atoms with Crippen molar-refractivity contribution < 1.29 is 9.53 Å². The molecule has 2 heteroatoms. The lowest BCUT2D eigenvalue weighted by Gasteiger charge is -2.43. The molecular formula is C18H28O2. The predicted octanol–water partition coefficient (Wildman–Crippen LogP) is 4.63. The first kappa shape index (κ1) is 14.2. The Balaban J connectivity index is 1.86. The van der Waals surface area contributed by atoms with Gasteiger partial charge in [0.05, 0.1) is 0 Å². The van der Waals surface area contributed by atoms with E-state index in [4.69, 9.17) is 4.74 Å². The van der Waals surface area contributed by atoms with Gasteiger partial charge in [-0.1, -0.05) is 38.7 Å². The number of ether oxygens (including phenoxy) is 1. The van der Waals surface area contributed by atoms with Gasteiger partial charge in [0.15, 0.2) is 0 Å². The van der Waals surface area contributed by atoms with Crippen LogP contribution in [0.2, 0.25) is 0 Å². The van der Waals surface area contributed by atoms with Crippen LogP contribution in [0, 0.1) is 17.8 Å². The number of esters is 1. The summed E-state index contributed by atoms with van der Waals surface area (Å²) in [6, 6.07) is 0. The van der Waals surface area contributed by atoms with E-state index < -0.39 is 0 Å². The van der Waals surface area contributed by atoms with Gasteiger partial charge in [0, 0.05) is 11.5 Å². The first-order valence-corrected chi connectivity index (χ1v) is 8.52. The highest BCUT2D eigenvalue weighted by atomic mass is 16.6. The van der Waals surface area contributed by atoms with E-state index >= 15 is 0 Å². The van der Waals surface area contributed by atoms with Gasteiger partial charge >= 0.3 is 5.97 Å². The van der Waals surface area contributed by atoms with Crippen molar-refractivity contribution in [1.29, 1.82) is 0 Å². The van der Waals surface area contributed by atoms with Crippen LogP contribution in [0.1, 0.15) is 71.1 Å². The minimum absolute atomic E-state index is 0.141. The normalized spacial score (nSPS) is 37.6. The van der Waals surface area contributed by atoms with E-state index in [1.807, 2.05) is 0 Å². The summed E-state index contributed by atoms with van der Waals surface area (Å²) in [7, 11) is 0. The fourth-order valence-corrected chi connectivity index (χ4v) is 5.19. The molecule has 3 aliphatic rings. The fraction of sp³-hybridized carbons (Fsp3) is 0.833. The van der Waals surface area contributed by atoms with Crippen molar-refractivity contribution in [3.8, 4) is 0 Å². The first-order valence-electron chi connectivity index (χ1n) is 8.52. The molecule has 3 fully saturated rings. The zero-order chi connectivity index (χ0) is 14.2. The third-order valence-corrected chi connectivity index (χ3v) is 6.12. The zero-order valence-corrected chi connectivity index (χ0v) is 12.8. The second kappa shape index (κ2) is 5.54. The molecule has 0 aromatic heterocycles. The number of rotatable bonds is 3. The van der Waals surface area contributed by atoms with Gasteiger partial charge in [0.2, 0.25) is 0 Å². The van der Waals surface area contributed by atoms with E-state index in [0.29, 0.717) is 17.4 Å². The Bertz CT molecular complexity index is 394. The summed E-state index contributed by atoms with van der Waals surface area (Å²) in [6.07, 6.45) is 12.8. The lowest BCUT2D eigenvalue weighted by atomic mass is 9.70. The average Bonchev–Trinajstić information content (AvgIpc) is 3.04. The highest BCUT2D eigenvalue weighted by Gasteiger charge is 2.56. The monoisotopic (exact) mass is 276 g/mol. The second-order valence-corrected chi connectivity index (χ2v) is 7.30. The van der Waals surface area contributed by atoms with Gasteiger partial charge in [0.25, 0.3) is 0 Å². The maximum Gasteiger partial charge on any atom is 0.333 e. The van der Waals surface area contributed by atoms with Gasteiger partial charge in [-0.3, -0.25) is 0 Å². The largest absolute Gasteiger partial charge is 0.455 e. The van der Waals surface area contributed by atoms with E-state index in [1.54, 1.807) is 6.92 Å². The molecule has 0 heterocycles. The topological polar surface area (TPSA) is 26.3 Å². The Morgan fingerprint density at radius 2 is 1.80 bits per heavy atom. The van der Waals surface area contributed by atoms with Gasteiger partial charge in [-0.05, 0) is 50.9 Å². The molecular weight excluding hydrogens is 248 g/mol. The van der Waals surface area contributed by atoms with Gasteiger partial charge in [-0.15, -0.1) is 0 Å². The van der Waals surface area contributed by atoms with Crippen LogP contribution < -0.4 is 0 Å². The summed E-state index contributed by atoms with van der Waals surface area (Å²) in [6.45, 7) is 5.56. The van der Waals surface area contributed by atoms with E-state index in [2.05, 4.69) is 6.58 Å². The van der Waals surface area contributed by atoms with Crippen LogP contribution in [0.25, 0.3) is 0 Å². The highest BCUT2D eigenvalue weighted by Crippen LogP contribution is 2.57. The Hall–Kier alpha value is -0.790. The molecule has 0 bridgehead atoms. The molecule has 112 valence electrons. The molecule has 3 saturated carbocycles. The van der Waals surface area contributed by atoms with Crippen molar-refractivity contribution in [1.82, 2.24) is 0 Å². The third-order valence-electron chi connectivity index (χ3n) is 6.12. The molecule has 0 spiro atoms. The molecule has 3 rings (SSSR count). The maximum atomic E-state index is 12.2. The molecule has 0 aromatic carbocycles. The quantitative estimate of drug-likeness (QED) is 0.554. The molecule has 3 unspecified atom stereocenters. The minimum Gasteiger partial charge on any atom is -0.455 e. The molecule has 2 nitrogen and oxygen atoms in total. The first-order chi connectivity index (χ1) is 9.63. The van der Waals surface area contributed by atoms with E-state index in [9.17, 15) is 4.79 Å². The molecule has 20 heavy (non-hydrogen) atoms. The lowest BCUT2D eigenvalue weighted by Crippen LogP contribution is -2.47. The summed E-state index contributed by atoms with van der Waals surface area (Å²) in [4.78, 5) is 12.2. The van der Waals surface area contributed by atoms with E-state index in [0.717, 1.165) is 12.3 Å². The maximum absolute atomic E-state index is 12.2. The summed E-state index contributed by atoms with van der Waals surface area (Å²) in [5.74, 6) is 1.90. The van der Waals surface area contributed by atoms with Crippen molar-refractivity contribution in [2.45, 2.75) is 76.7 Å².